The fourth-order valence-electron chi connectivity index (χ4n) is 8.36. The highest BCUT2D eigenvalue weighted by Gasteiger charge is 2.61. The molecule has 0 aromatic heterocycles. The fraction of sp³-hybridized carbons (Fsp3) is 0.920. The van der Waals surface area contributed by atoms with Gasteiger partial charge in [-0.2, -0.15) is 0 Å². The number of alkyl carbamates (subject to hydrolysis) is 1. The molecule has 4 aliphatic carbocycles. The van der Waals surface area contributed by atoms with E-state index in [2.05, 4.69) is 19.2 Å². The number of aliphatic hydroxyl groups excluding tert-OH is 1. The number of carboxylic acids is 1. The molecule has 4 unspecified atom stereocenters. The van der Waals surface area contributed by atoms with Crippen molar-refractivity contribution >= 4 is 12.1 Å². The maximum Gasteiger partial charge on any atom is 0.407 e. The Kier molecular flexibility index (Phi) is 6.32. The van der Waals surface area contributed by atoms with Crippen molar-refractivity contribution in [3.63, 3.8) is 0 Å². The lowest BCUT2D eigenvalue weighted by Crippen LogP contribution is -2.54. The second kappa shape index (κ2) is 8.57. The summed E-state index contributed by atoms with van der Waals surface area (Å²) in [5.41, 5.74) is 0.246. The minimum atomic E-state index is -0.592. The summed E-state index contributed by atoms with van der Waals surface area (Å²) in [5, 5.41) is 21.9. The van der Waals surface area contributed by atoms with Gasteiger partial charge in [0.15, 0.2) is 0 Å². The molecule has 0 heterocycles. The SMILES string of the molecule is CCC(CO)NC(=O)OC1CC[C@@]2(C)C(CC[C@@H]3[C@H]2CC[C@]2(C)C(C(=O)O)CC[C@@H]32)C1. The molecule has 4 fully saturated rings. The van der Waals surface area contributed by atoms with E-state index in [9.17, 15) is 19.8 Å². The molecule has 0 aromatic rings. The summed E-state index contributed by atoms with van der Waals surface area (Å²) in [6.45, 7) is 6.59. The lowest BCUT2D eigenvalue weighted by molar-refractivity contribution is -0.154. The molecule has 4 aliphatic rings. The van der Waals surface area contributed by atoms with E-state index >= 15 is 0 Å². The van der Waals surface area contributed by atoms with E-state index in [1.807, 2.05) is 6.92 Å². The number of fused-ring (bicyclic) bond motifs is 5. The van der Waals surface area contributed by atoms with Gasteiger partial charge < -0.3 is 20.3 Å². The van der Waals surface area contributed by atoms with Crippen molar-refractivity contribution in [3.8, 4) is 0 Å². The molecule has 0 spiro atoms. The molecule has 9 atom stereocenters. The number of aliphatic carboxylic acids is 1. The van der Waals surface area contributed by atoms with Crippen molar-refractivity contribution < 1.29 is 24.5 Å². The number of amides is 1. The van der Waals surface area contributed by atoms with Gasteiger partial charge in [-0.25, -0.2) is 4.79 Å². The van der Waals surface area contributed by atoms with Crippen LogP contribution in [0, 0.1) is 40.4 Å². The second-order valence-electron chi connectivity index (χ2n) is 11.4. The Morgan fingerprint density at radius 1 is 1.03 bits per heavy atom. The molecule has 4 rings (SSSR count). The largest absolute Gasteiger partial charge is 0.481 e. The first kappa shape index (κ1) is 22.9. The Morgan fingerprint density at radius 2 is 1.74 bits per heavy atom. The average Bonchev–Trinajstić information content (AvgIpc) is 3.09. The number of carbonyl (C=O) groups excluding carboxylic acids is 1. The molecule has 31 heavy (non-hydrogen) atoms. The molecule has 1 amide bonds. The number of carboxylic acid groups (broad SMARTS) is 1. The third-order valence-electron chi connectivity index (χ3n) is 10.2. The monoisotopic (exact) mass is 435 g/mol. The van der Waals surface area contributed by atoms with Gasteiger partial charge in [-0.05, 0) is 98.7 Å². The molecule has 0 aliphatic heterocycles. The maximum absolute atomic E-state index is 12.3. The Bertz CT molecular complexity index is 693. The lowest BCUT2D eigenvalue weighted by Gasteiger charge is -2.60. The summed E-state index contributed by atoms with van der Waals surface area (Å²) in [5.74, 6) is 1.68. The molecule has 0 bridgehead atoms. The average molecular weight is 436 g/mol. The molecule has 4 saturated carbocycles. The van der Waals surface area contributed by atoms with Crippen LogP contribution in [-0.2, 0) is 9.53 Å². The number of carbonyl (C=O) groups is 2. The smallest absolute Gasteiger partial charge is 0.407 e. The van der Waals surface area contributed by atoms with Crippen molar-refractivity contribution in [2.45, 2.75) is 97.1 Å². The number of hydrogen-bond donors (Lipinski definition) is 3. The molecular formula is C25H41NO5. The van der Waals surface area contributed by atoms with Crippen molar-refractivity contribution in [2.75, 3.05) is 6.61 Å². The summed E-state index contributed by atoms with van der Waals surface area (Å²) in [6.07, 6.45) is 9.63. The zero-order valence-corrected chi connectivity index (χ0v) is 19.4. The van der Waals surface area contributed by atoms with Crippen LogP contribution in [0.25, 0.3) is 0 Å². The summed E-state index contributed by atoms with van der Waals surface area (Å²) in [6, 6.07) is -0.241. The highest BCUT2D eigenvalue weighted by atomic mass is 16.6. The van der Waals surface area contributed by atoms with E-state index in [-0.39, 0.29) is 35.5 Å². The van der Waals surface area contributed by atoms with Gasteiger partial charge in [-0.15, -0.1) is 0 Å². The van der Waals surface area contributed by atoms with Gasteiger partial charge in [-0.3, -0.25) is 4.79 Å². The van der Waals surface area contributed by atoms with E-state index in [0.29, 0.717) is 30.1 Å². The fourth-order valence-corrected chi connectivity index (χ4v) is 8.36. The quantitative estimate of drug-likeness (QED) is 0.587. The van der Waals surface area contributed by atoms with Crippen molar-refractivity contribution in [1.82, 2.24) is 5.32 Å². The van der Waals surface area contributed by atoms with Gasteiger partial charge >= 0.3 is 12.1 Å². The zero-order chi connectivity index (χ0) is 22.4. The number of nitrogens with one attached hydrogen (secondary N) is 1. The van der Waals surface area contributed by atoms with Crippen LogP contribution in [0.5, 0.6) is 0 Å². The highest BCUT2D eigenvalue weighted by molar-refractivity contribution is 5.71. The normalized spacial score (nSPS) is 45.0. The predicted molar refractivity (Wildman–Crippen MR) is 117 cm³/mol. The second-order valence-corrected chi connectivity index (χ2v) is 11.4. The summed E-state index contributed by atoms with van der Waals surface area (Å²) >= 11 is 0. The van der Waals surface area contributed by atoms with Crippen molar-refractivity contribution in [3.05, 3.63) is 0 Å². The Hall–Kier alpha value is -1.30. The zero-order valence-electron chi connectivity index (χ0n) is 19.4. The van der Waals surface area contributed by atoms with Crippen LogP contribution in [0.2, 0.25) is 0 Å². The molecule has 0 saturated heterocycles. The topological polar surface area (TPSA) is 95.9 Å². The van der Waals surface area contributed by atoms with Crippen molar-refractivity contribution in [2.24, 2.45) is 40.4 Å². The van der Waals surface area contributed by atoms with Crippen LogP contribution < -0.4 is 5.32 Å². The van der Waals surface area contributed by atoms with E-state index < -0.39 is 12.1 Å². The van der Waals surface area contributed by atoms with Gasteiger partial charge in [0, 0.05) is 0 Å². The third-order valence-corrected chi connectivity index (χ3v) is 10.2. The Labute approximate surface area is 186 Å². The standard InChI is InChI=1S/C25H41NO5/c1-4-16(14-27)26-23(30)31-17-9-11-24(2)15(13-17)5-6-18-19-7-8-21(22(28)29)25(19,3)12-10-20(18)24/h15-21,27H,4-14H2,1-3H3,(H,26,30)(H,28,29)/t15?,16?,17?,18-,19-,20+,21?,24-,25-/m0/s1. The molecule has 0 aromatic carbocycles. The minimum Gasteiger partial charge on any atom is -0.481 e. The molecule has 176 valence electrons. The first-order valence-corrected chi connectivity index (χ1v) is 12.5. The van der Waals surface area contributed by atoms with Crippen LogP contribution in [0.4, 0.5) is 4.79 Å². The molecular weight excluding hydrogens is 394 g/mol. The third kappa shape index (κ3) is 3.87. The highest BCUT2D eigenvalue weighted by Crippen LogP contribution is 2.67. The van der Waals surface area contributed by atoms with Gasteiger partial charge in [0.25, 0.3) is 0 Å². The minimum absolute atomic E-state index is 0.0306. The molecule has 3 N–H and O–H groups in total. The van der Waals surface area contributed by atoms with E-state index in [1.54, 1.807) is 0 Å². The van der Waals surface area contributed by atoms with E-state index in [4.69, 9.17) is 4.74 Å². The number of ether oxygens (including phenoxy) is 1. The van der Waals surface area contributed by atoms with Crippen LogP contribution in [0.3, 0.4) is 0 Å². The summed E-state index contributed by atoms with van der Waals surface area (Å²) in [4.78, 5) is 24.1. The molecule has 6 nitrogen and oxygen atoms in total. The van der Waals surface area contributed by atoms with Crippen LogP contribution in [0.1, 0.15) is 85.0 Å². The lowest BCUT2D eigenvalue weighted by atomic mass is 9.44. The summed E-state index contributed by atoms with van der Waals surface area (Å²) in [7, 11) is 0. The number of aliphatic hydroxyl groups is 1. The summed E-state index contributed by atoms with van der Waals surface area (Å²) < 4.78 is 5.75. The molecule has 6 heteroatoms. The predicted octanol–water partition coefficient (Wildman–Crippen LogP) is 4.60. The van der Waals surface area contributed by atoms with Gasteiger partial charge in [0.05, 0.1) is 18.6 Å². The maximum atomic E-state index is 12.3. The first-order chi connectivity index (χ1) is 14.7. The van der Waals surface area contributed by atoms with Crippen LogP contribution in [-0.4, -0.2) is 41.0 Å². The Morgan fingerprint density at radius 3 is 2.42 bits per heavy atom. The van der Waals surface area contributed by atoms with Crippen LogP contribution >= 0.6 is 0 Å². The number of rotatable bonds is 5. The van der Waals surface area contributed by atoms with E-state index in [1.165, 1.54) is 6.42 Å². The van der Waals surface area contributed by atoms with Gasteiger partial charge in [-0.1, -0.05) is 20.8 Å². The Balaban J connectivity index is 1.41. The van der Waals surface area contributed by atoms with Crippen LogP contribution in [0.15, 0.2) is 0 Å². The van der Waals surface area contributed by atoms with E-state index in [0.717, 1.165) is 51.4 Å². The molecule has 0 radical (unpaired) electrons. The van der Waals surface area contributed by atoms with Gasteiger partial charge in [0.2, 0.25) is 0 Å². The van der Waals surface area contributed by atoms with Gasteiger partial charge in [0.1, 0.15) is 6.10 Å². The van der Waals surface area contributed by atoms with Crippen molar-refractivity contribution in [1.29, 1.82) is 0 Å². The number of hydrogen-bond acceptors (Lipinski definition) is 4. The first-order valence-electron chi connectivity index (χ1n) is 12.5.